The third-order valence-corrected chi connectivity index (χ3v) is 5.37. The lowest BCUT2D eigenvalue weighted by Gasteiger charge is -2.24. The summed E-state index contributed by atoms with van der Waals surface area (Å²) in [6, 6.07) is 12.6. The quantitative estimate of drug-likeness (QED) is 0.510. The number of benzene rings is 1. The van der Waals surface area contributed by atoms with Crippen molar-refractivity contribution in [3.8, 4) is 0 Å². The third-order valence-electron chi connectivity index (χ3n) is 5.37. The molecule has 0 radical (unpaired) electrons. The Morgan fingerprint density at radius 1 is 0.964 bits per heavy atom. The first-order valence-electron chi connectivity index (χ1n) is 9.87. The van der Waals surface area contributed by atoms with Crippen LogP contribution < -0.4 is 4.90 Å². The van der Waals surface area contributed by atoms with E-state index in [0.717, 1.165) is 29.8 Å². The van der Waals surface area contributed by atoms with Crippen molar-refractivity contribution in [3.63, 3.8) is 0 Å². The maximum Gasteiger partial charge on any atom is 0.165 e. The van der Waals surface area contributed by atoms with Crippen LogP contribution in [0.4, 0.5) is 5.69 Å². The molecule has 0 bridgehead atoms. The minimum atomic E-state index is 0. The monoisotopic (exact) mass is 422 g/mol. The van der Waals surface area contributed by atoms with Crippen LogP contribution in [-0.4, -0.2) is 24.9 Å². The van der Waals surface area contributed by atoms with Crippen molar-refractivity contribution in [2.75, 3.05) is 19.0 Å². The van der Waals surface area contributed by atoms with Crippen LogP contribution in [0.5, 0.6) is 0 Å². The van der Waals surface area contributed by atoms with Gasteiger partial charge in [0.25, 0.3) is 0 Å². The van der Waals surface area contributed by atoms with E-state index in [4.69, 9.17) is 4.98 Å². The number of rotatable bonds is 7. The van der Waals surface area contributed by atoms with Crippen LogP contribution in [0.1, 0.15) is 72.3 Å². The first kappa shape index (κ1) is 24.5. The van der Waals surface area contributed by atoms with Crippen LogP contribution in [-0.2, 0) is 12.8 Å². The summed E-state index contributed by atoms with van der Waals surface area (Å²) in [5, 5.41) is 0. The normalized spacial score (nSPS) is 15.2. The SMILES string of the molecule is CCCCCCc1ccc2c(n1)CC(c1ccc(N(C)C)cc1)CC2=O.Cl.Cl. The molecule has 0 aliphatic heterocycles. The second-order valence-corrected chi connectivity index (χ2v) is 7.62. The Kier molecular flexibility index (Phi) is 9.98. The van der Waals surface area contributed by atoms with E-state index in [1.165, 1.54) is 36.9 Å². The molecule has 1 aliphatic rings. The number of Topliss-reactive ketones (excluding diaryl/α,β-unsaturated/α-hetero) is 1. The number of unbranched alkanes of at least 4 members (excludes halogenated alkanes) is 3. The molecule has 0 spiro atoms. The fraction of sp³-hybridized carbons (Fsp3) is 0.478. The molecule has 1 unspecified atom stereocenters. The molecule has 0 fully saturated rings. The average Bonchev–Trinajstić information content (AvgIpc) is 2.65. The number of carbonyl (C=O) groups is 1. The van der Waals surface area contributed by atoms with E-state index in [2.05, 4.69) is 42.2 Å². The average molecular weight is 423 g/mol. The molecule has 0 saturated heterocycles. The molecule has 1 heterocycles. The zero-order valence-electron chi connectivity index (χ0n) is 17.1. The van der Waals surface area contributed by atoms with Crippen LogP contribution in [0.25, 0.3) is 0 Å². The maximum absolute atomic E-state index is 12.6. The van der Waals surface area contributed by atoms with E-state index >= 15 is 0 Å². The number of nitrogens with zero attached hydrogens (tertiary/aromatic N) is 2. The van der Waals surface area contributed by atoms with Crippen molar-refractivity contribution >= 4 is 36.3 Å². The topological polar surface area (TPSA) is 33.2 Å². The number of aromatic nitrogens is 1. The van der Waals surface area contributed by atoms with Crippen molar-refractivity contribution in [2.24, 2.45) is 0 Å². The van der Waals surface area contributed by atoms with Gasteiger partial charge in [0, 0.05) is 37.5 Å². The fourth-order valence-corrected chi connectivity index (χ4v) is 3.75. The largest absolute Gasteiger partial charge is 0.378 e. The molecule has 1 aromatic carbocycles. The first-order valence-corrected chi connectivity index (χ1v) is 9.87. The van der Waals surface area contributed by atoms with Gasteiger partial charge in [-0.2, -0.15) is 0 Å². The van der Waals surface area contributed by atoms with Gasteiger partial charge in [0.1, 0.15) is 0 Å². The highest BCUT2D eigenvalue weighted by Crippen LogP contribution is 2.32. The lowest BCUT2D eigenvalue weighted by Crippen LogP contribution is -2.20. The predicted octanol–water partition coefficient (Wildman–Crippen LogP) is 6.03. The molecule has 0 saturated carbocycles. The number of carbonyl (C=O) groups excluding carboxylic acids is 1. The summed E-state index contributed by atoms with van der Waals surface area (Å²) in [4.78, 5) is 19.6. The number of halogens is 2. The summed E-state index contributed by atoms with van der Waals surface area (Å²) in [5.41, 5.74) is 5.39. The molecule has 154 valence electrons. The summed E-state index contributed by atoms with van der Waals surface area (Å²) >= 11 is 0. The Bertz CT molecular complexity index is 760. The number of anilines is 1. The molecule has 5 heteroatoms. The highest BCUT2D eigenvalue weighted by molar-refractivity contribution is 5.98. The Balaban J connectivity index is 0.00000196. The van der Waals surface area contributed by atoms with Crippen molar-refractivity contribution in [2.45, 2.75) is 57.8 Å². The fourth-order valence-electron chi connectivity index (χ4n) is 3.75. The number of pyridine rings is 1. The Morgan fingerprint density at radius 2 is 1.68 bits per heavy atom. The van der Waals surface area contributed by atoms with E-state index in [9.17, 15) is 4.79 Å². The standard InChI is InChI=1S/C23H30N2O.2ClH/c1-4-5-6-7-8-19-11-14-21-22(24-19)15-18(16-23(21)26)17-9-12-20(13-10-17)25(2)3;;/h9-14,18H,4-8,15-16H2,1-3H3;2*1H. The van der Waals surface area contributed by atoms with Gasteiger partial charge in [-0.1, -0.05) is 38.3 Å². The van der Waals surface area contributed by atoms with Gasteiger partial charge in [0.2, 0.25) is 0 Å². The van der Waals surface area contributed by atoms with E-state index < -0.39 is 0 Å². The summed E-state index contributed by atoms with van der Waals surface area (Å²) in [5.74, 6) is 0.479. The zero-order valence-corrected chi connectivity index (χ0v) is 18.7. The maximum atomic E-state index is 12.6. The molecule has 1 aliphatic carbocycles. The first-order chi connectivity index (χ1) is 12.6. The van der Waals surface area contributed by atoms with Crippen LogP contribution >= 0.6 is 24.8 Å². The second-order valence-electron chi connectivity index (χ2n) is 7.62. The van der Waals surface area contributed by atoms with Crippen LogP contribution in [0.15, 0.2) is 36.4 Å². The number of fused-ring (bicyclic) bond motifs is 1. The number of hydrogen-bond donors (Lipinski definition) is 0. The summed E-state index contributed by atoms with van der Waals surface area (Å²) in [7, 11) is 4.09. The highest BCUT2D eigenvalue weighted by Gasteiger charge is 2.27. The van der Waals surface area contributed by atoms with Crippen LogP contribution in [0.3, 0.4) is 0 Å². The molecule has 2 aromatic rings. The molecule has 1 aromatic heterocycles. The number of ketones is 1. The molecule has 3 rings (SSSR count). The number of aryl methyl sites for hydroxylation is 1. The predicted molar refractivity (Wildman–Crippen MR) is 123 cm³/mol. The number of hydrogen-bond acceptors (Lipinski definition) is 3. The van der Waals surface area contributed by atoms with Crippen molar-refractivity contribution < 1.29 is 4.79 Å². The molecular formula is C23H32Cl2N2O. The molecule has 0 amide bonds. The van der Waals surface area contributed by atoms with Crippen LogP contribution in [0.2, 0.25) is 0 Å². The Labute approximate surface area is 181 Å². The molecule has 0 N–H and O–H groups in total. The lowest BCUT2D eigenvalue weighted by molar-refractivity contribution is 0.0963. The van der Waals surface area contributed by atoms with Crippen molar-refractivity contribution in [3.05, 3.63) is 58.9 Å². The van der Waals surface area contributed by atoms with Crippen molar-refractivity contribution in [1.82, 2.24) is 4.98 Å². The summed E-state index contributed by atoms with van der Waals surface area (Å²) in [6.07, 6.45) is 7.45. The minimum Gasteiger partial charge on any atom is -0.378 e. The van der Waals surface area contributed by atoms with Gasteiger partial charge in [0.05, 0.1) is 5.69 Å². The summed E-state index contributed by atoms with van der Waals surface area (Å²) < 4.78 is 0. The van der Waals surface area contributed by atoms with E-state index in [0.29, 0.717) is 6.42 Å². The van der Waals surface area contributed by atoms with Crippen molar-refractivity contribution in [1.29, 1.82) is 0 Å². The Hall–Kier alpha value is -1.58. The van der Waals surface area contributed by atoms with Gasteiger partial charge in [-0.05, 0) is 55.0 Å². The lowest BCUT2D eigenvalue weighted by atomic mass is 9.81. The van der Waals surface area contributed by atoms with E-state index in [1.807, 2.05) is 20.2 Å². The van der Waals surface area contributed by atoms with Gasteiger partial charge in [-0.25, -0.2) is 0 Å². The van der Waals surface area contributed by atoms with Gasteiger partial charge in [-0.15, -0.1) is 24.8 Å². The Morgan fingerprint density at radius 3 is 2.32 bits per heavy atom. The molecule has 1 atom stereocenters. The smallest absolute Gasteiger partial charge is 0.165 e. The van der Waals surface area contributed by atoms with Gasteiger partial charge < -0.3 is 4.90 Å². The van der Waals surface area contributed by atoms with Gasteiger partial charge in [-0.3, -0.25) is 9.78 Å². The molecule has 3 nitrogen and oxygen atoms in total. The van der Waals surface area contributed by atoms with Crippen LogP contribution in [0, 0.1) is 0 Å². The zero-order chi connectivity index (χ0) is 18.5. The van der Waals surface area contributed by atoms with E-state index in [-0.39, 0.29) is 36.5 Å². The second kappa shape index (κ2) is 11.4. The highest BCUT2D eigenvalue weighted by atomic mass is 35.5. The van der Waals surface area contributed by atoms with Gasteiger partial charge in [0.15, 0.2) is 5.78 Å². The summed E-state index contributed by atoms with van der Waals surface area (Å²) in [6.45, 7) is 2.23. The minimum absolute atomic E-state index is 0. The van der Waals surface area contributed by atoms with E-state index in [1.54, 1.807) is 0 Å². The third kappa shape index (κ3) is 5.96. The van der Waals surface area contributed by atoms with Gasteiger partial charge >= 0.3 is 0 Å². The molecular weight excluding hydrogens is 391 g/mol. The molecule has 28 heavy (non-hydrogen) atoms.